The predicted octanol–water partition coefficient (Wildman–Crippen LogP) is 0.145. The van der Waals surface area contributed by atoms with E-state index in [9.17, 15) is 5.11 Å². The first-order valence-corrected chi connectivity index (χ1v) is 5.77. The number of nitrogen functional groups attached to an aromatic ring is 1. The molecule has 7 heteroatoms. The van der Waals surface area contributed by atoms with Gasteiger partial charge in [0.2, 0.25) is 0 Å². The number of ether oxygens (including phenoxy) is 1. The van der Waals surface area contributed by atoms with E-state index in [1.165, 1.54) is 0 Å². The summed E-state index contributed by atoms with van der Waals surface area (Å²) >= 11 is 0. The van der Waals surface area contributed by atoms with Gasteiger partial charge in [0.1, 0.15) is 11.4 Å². The van der Waals surface area contributed by atoms with Crippen LogP contribution in [0.4, 0.5) is 5.69 Å². The maximum atomic E-state index is 9.92. The van der Waals surface area contributed by atoms with Gasteiger partial charge in [-0.15, -0.1) is 0 Å². The van der Waals surface area contributed by atoms with E-state index in [0.717, 1.165) is 0 Å². The summed E-state index contributed by atoms with van der Waals surface area (Å²) in [7, 11) is -2.17. The van der Waals surface area contributed by atoms with Crippen LogP contribution >= 0.6 is 0 Å². The zero-order valence-corrected chi connectivity index (χ0v) is 11.7. The van der Waals surface area contributed by atoms with Crippen molar-refractivity contribution in [1.29, 1.82) is 0 Å². The molecule has 108 valence electrons. The number of aliphatic hydroxyl groups is 1. The molecule has 0 unspecified atom stereocenters. The van der Waals surface area contributed by atoms with Gasteiger partial charge in [-0.2, -0.15) is 0 Å². The number of hydrogen-bond acceptors (Lipinski definition) is 6. The Bertz CT molecular complexity index is 387. The Kier molecular flexibility index (Phi) is 6.31. The van der Waals surface area contributed by atoms with Crippen LogP contribution in [-0.4, -0.2) is 38.7 Å². The van der Waals surface area contributed by atoms with Crippen LogP contribution in [0, 0.1) is 0 Å². The molecule has 0 aromatic heterocycles. The van der Waals surface area contributed by atoms with E-state index in [2.05, 4.69) is 0 Å². The zero-order chi connectivity index (χ0) is 15.3. The molecule has 0 bridgehead atoms. The Morgan fingerprint density at radius 2 is 1.58 bits per heavy atom. The van der Waals surface area contributed by atoms with Crippen molar-refractivity contribution in [3.8, 4) is 5.75 Å². The lowest BCUT2D eigenvalue weighted by Crippen LogP contribution is -2.49. The molecule has 0 saturated heterocycles. The molecule has 0 aliphatic rings. The van der Waals surface area contributed by atoms with Gasteiger partial charge in [-0.3, -0.25) is 0 Å². The molecule has 0 fully saturated rings. The summed E-state index contributed by atoms with van der Waals surface area (Å²) in [6, 6.07) is 7.19. The van der Waals surface area contributed by atoms with Crippen LogP contribution in [0.25, 0.3) is 0 Å². The Balaban J connectivity index is 0.000000711. The predicted molar refractivity (Wildman–Crippen MR) is 74.3 cm³/mol. The third-order valence-corrected chi connectivity index (χ3v) is 2.70. The minimum absolute atomic E-state index is 0.652. The minimum Gasteiger partial charge on any atom is -0.485 e. The highest BCUT2D eigenvalue weighted by atomic mass is 16.5. The van der Waals surface area contributed by atoms with Gasteiger partial charge in [0.25, 0.3) is 0 Å². The summed E-state index contributed by atoms with van der Waals surface area (Å²) in [6.07, 6.45) is 0. The molecular formula is C12H22BNO5. The Hall–Kier alpha value is -1.28. The van der Waals surface area contributed by atoms with Crippen molar-refractivity contribution >= 4 is 13.0 Å². The van der Waals surface area contributed by atoms with Gasteiger partial charge in [-0.1, -0.05) is 6.07 Å². The number of benzene rings is 1. The van der Waals surface area contributed by atoms with Crippen LogP contribution in [0.3, 0.4) is 0 Å². The fourth-order valence-corrected chi connectivity index (χ4v) is 0.998. The largest absolute Gasteiger partial charge is 0.631 e. The summed E-state index contributed by atoms with van der Waals surface area (Å²) in [6.45, 7) is 7.13. The van der Waals surface area contributed by atoms with E-state index in [-0.39, 0.29) is 0 Å². The SMILES string of the molecule is CC(C)(O)C(C)(C)Oc1cccc(N)c1.OB(O)O. The van der Waals surface area contributed by atoms with Crippen LogP contribution in [0.15, 0.2) is 24.3 Å². The fourth-order valence-electron chi connectivity index (χ4n) is 0.998. The summed E-state index contributed by atoms with van der Waals surface area (Å²) in [5.41, 5.74) is 4.71. The monoisotopic (exact) mass is 271 g/mol. The molecule has 0 amide bonds. The molecule has 1 aromatic rings. The molecule has 6 nitrogen and oxygen atoms in total. The quantitative estimate of drug-likeness (QED) is 0.394. The van der Waals surface area contributed by atoms with Crippen molar-refractivity contribution in [2.45, 2.75) is 38.9 Å². The number of hydrogen-bond donors (Lipinski definition) is 5. The third kappa shape index (κ3) is 7.02. The van der Waals surface area contributed by atoms with Crippen LogP contribution in [-0.2, 0) is 0 Å². The van der Waals surface area contributed by atoms with Crippen molar-refractivity contribution in [1.82, 2.24) is 0 Å². The van der Waals surface area contributed by atoms with Gasteiger partial charge in [0.15, 0.2) is 0 Å². The van der Waals surface area contributed by atoms with Crippen LogP contribution < -0.4 is 10.5 Å². The molecule has 1 aromatic carbocycles. The highest BCUT2D eigenvalue weighted by molar-refractivity contribution is 6.30. The first-order chi connectivity index (χ1) is 8.45. The summed E-state index contributed by atoms with van der Waals surface area (Å²) in [5.74, 6) is 0.669. The first kappa shape index (κ1) is 17.7. The van der Waals surface area contributed by atoms with E-state index in [1.807, 2.05) is 26.0 Å². The van der Waals surface area contributed by atoms with E-state index in [4.69, 9.17) is 25.5 Å². The standard InChI is InChI=1S/C12H19NO2.BH3O3/c1-11(2,14)12(3,4)15-10-7-5-6-9(13)8-10;2-1(3)4/h5-8,14H,13H2,1-4H3;2-4H. The first-order valence-electron chi connectivity index (χ1n) is 5.77. The zero-order valence-electron chi connectivity index (χ0n) is 11.7. The molecule has 0 aliphatic heterocycles. The highest BCUT2D eigenvalue weighted by Gasteiger charge is 2.37. The average Bonchev–Trinajstić information content (AvgIpc) is 2.13. The van der Waals surface area contributed by atoms with Crippen molar-refractivity contribution in [3.63, 3.8) is 0 Å². The van der Waals surface area contributed by atoms with E-state index < -0.39 is 18.5 Å². The normalized spacial score (nSPS) is 11.4. The Morgan fingerprint density at radius 3 is 1.95 bits per heavy atom. The molecular weight excluding hydrogens is 249 g/mol. The highest BCUT2D eigenvalue weighted by Crippen LogP contribution is 2.28. The van der Waals surface area contributed by atoms with Crippen LogP contribution in [0.5, 0.6) is 5.75 Å². The molecule has 0 heterocycles. The van der Waals surface area contributed by atoms with Gasteiger partial charge < -0.3 is 30.6 Å². The maximum Gasteiger partial charge on any atom is 0.631 e. The topological polar surface area (TPSA) is 116 Å². The number of rotatable bonds is 3. The summed E-state index contributed by atoms with van der Waals surface area (Å²) < 4.78 is 5.72. The second kappa shape index (κ2) is 6.77. The summed E-state index contributed by atoms with van der Waals surface area (Å²) in [5, 5.41) is 31.4. The van der Waals surface area contributed by atoms with E-state index in [0.29, 0.717) is 11.4 Å². The van der Waals surface area contributed by atoms with Gasteiger partial charge in [0, 0.05) is 11.8 Å². The number of anilines is 1. The Morgan fingerprint density at radius 1 is 1.11 bits per heavy atom. The van der Waals surface area contributed by atoms with Crippen molar-refractivity contribution in [2.75, 3.05) is 5.73 Å². The van der Waals surface area contributed by atoms with Gasteiger partial charge in [0.05, 0.1) is 5.60 Å². The second-order valence-corrected chi connectivity index (χ2v) is 5.09. The van der Waals surface area contributed by atoms with Gasteiger partial charge in [-0.05, 0) is 39.8 Å². The second-order valence-electron chi connectivity index (χ2n) is 5.09. The molecule has 19 heavy (non-hydrogen) atoms. The van der Waals surface area contributed by atoms with Crippen LogP contribution in [0.1, 0.15) is 27.7 Å². The lowest BCUT2D eigenvalue weighted by molar-refractivity contribution is -0.0906. The van der Waals surface area contributed by atoms with Gasteiger partial charge >= 0.3 is 7.32 Å². The minimum atomic E-state index is -2.17. The van der Waals surface area contributed by atoms with Gasteiger partial charge in [-0.25, -0.2) is 0 Å². The molecule has 0 saturated carbocycles. The summed E-state index contributed by atoms with van der Waals surface area (Å²) in [4.78, 5) is 0. The molecule has 0 atom stereocenters. The van der Waals surface area contributed by atoms with Crippen LogP contribution in [0.2, 0.25) is 0 Å². The lowest BCUT2D eigenvalue weighted by atomic mass is 9.89. The molecule has 6 N–H and O–H groups in total. The molecule has 1 rings (SSSR count). The lowest BCUT2D eigenvalue weighted by Gasteiger charge is -2.37. The van der Waals surface area contributed by atoms with E-state index >= 15 is 0 Å². The van der Waals surface area contributed by atoms with Crippen molar-refractivity contribution < 1.29 is 24.9 Å². The molecule has 0 spiro atoms. The molecule has 0 radical (unpaired) electrons. The van der Waals surface area contributed by atoms with Crippen molar-refractivity contribution in [2.24, 2.45) is 0 Å². The maximum absolute atomic E-state index is 9.92. The Labute approximate surface area is 113 Å². The average molecular weight is 271 g/mol. The smallest absolute Gasteiger partial charge is 0.485 e. The third-order valence-electron chi connectivity index (χ3n) is 2.70. The fraction of sp³-hybridized carbons (Fsp3) is 0.500. The molecule has 0 aliphatic carbocycles. The number of nitrogens with two attached hydrogens (primary N) is 1. The van der Waals surface area contributed by atoms with Crippen molar-refractivity contribution in [3.05, 3.63) is 24.3 Å². The van der Waals surface area contributed by atoms with E-state index in [1.54, 1.807) is 26.0 Å².